The van der Waals surface area contributed by atoms with Gasteiger partial charge in [0.1, 0.15) is 6.29 Å². The number of aldehydes is 1. The summed E-state index contributed by atoms with van der Waals surface area (Å²) >= 11 is 6.19. The SMILES string of the molecule is O=CCCc1cc2c(cc1Cl)OC1(CCCC1)O2. The molecule has 0 aromatic heterocycles. The molecule has 4 heteroatoms. The second-order valence-electron chi connectivity index (χ2n) is 4.92. The Morgan fingerprint density at radius 1 is 1.22 bits per heavy atom. The minimum absolute atomic E-state index is 0.449. The molecule has 1 aliphatic heterocycles. The van der Waals surface area contributed by atoms with Gasteiger partial charge in [-0.25, -0.2) is 0 Å². The van der Waals surface area contributed by atoms with Crippen LogP contribution in [0.25, 0.3) is 0 Å². The second-order valence-corrected chi connectivity index (χ2v) is 5.32. The Balaban J connectivity index is 1.87. The van der Waals surface area contributed by atoms with Gasteiger partial charge in [-0.15, -0.1) is 0 Å². The number of carbonyl (C=O) groups excluding carboxylic acids is 1. The third-order valence-corrected chi connectivity index (χ3v) is 3.95. The smallest absolute Gasteiger partial charge is 0.251 e. The standard InChI is InChI=1S/C14H15ClO3/c15-11-9-13-12(8-10(11)4-3-7-16)17-14(18-13)5-1-2-6-14/h7-9H,1-6H2. The molecule has 0 amide bonds. The molecule has 0 N–H and O–H groups in total. The van der Waals surface area contributed by atoms with E-state index < -0.39 is 5.79 Å². The van der Waals surface area contributed by atoms with Crippen molar-refractivity contribution in [1.29, 1.82) is 0 Å². The number of hydrogen-bond donors (Lipinski definition) is 0. The van der Waals surface area contributed by atoms with E-state index in [1.54, 1.807) is 0 Å². The van der Waals surface area contributed by atoms with Crippen LogP contribution in [0.1, 0.15) is 37.7 Å². The van der Waals surface area contributed by atoms with E-state index in [0.717, 1.165) is 49.0 Å². The van der Waals surface area contributed by atoms with Crippen LogP contribution in [0, 0.1) is 0 Å². The number of aryl methyl sites for hydroxylation is 1. The third kappa shape index (κ3) is 1.97. The van der Waals surface area contributed by atoms with Gasteiger partial charge in [-0.05, 0) is 30.9 Å². The zero-order chi connectivity index (χ0) is 12.6. The van der Waals surface area contributed by atoms with Crippen molar-refractivity contribution in [3.8, 4) is 11.5 Å². The van der Waals surface area contributed by atoms with Crippen LogP contribution in [-0.4, -0.2) is 12.1 Å². The molecule has 3 nitrogen and oxygen atoms in total. The van der Waals surface area contributed by atoms with E-state index in [-0.39, 0.29) is 0 Å². The van der Waals surface area contributed by atoms with Crippen molar-refractivity contribution in [3.63, 3.8) is 0 Å². The number of benzene rings is 1. The summed E-state index contributed by atoms with van der Waals surface area (Å²) in [6.07, 6.45) is 6.17. The topological polar surface area (TPSA) is 35.5 Å². The molecule has 1 fully saturated rings. The molecule has 1 aliphatic carbocycles. The average Bonchev–Trinajstić information content (AvgIpc) is 2.93. The molecular formula is C14H15ClO3. The van der Waals surface area contributed by atoms with Gasteiger partial charge in [-0.1, -0.05) is 11.6 Å². The summed E-state index contributed by atoms with van der Waals surface area (Å²) in [5.74, 6) is 1.05. The number of ether oxygens (including phenoxy) is 2. The molecule has 0 saturated heterocycles. The quantitative estimate of drug-likeness (QED) is 0.786. The van der Waals surface area contributed by atoms with Gasteiger partial charge in [0.05, 0.1) is 0 Å². The summed E-state index contributed by atoms with van der Waals surface area (Å²) in [4.78, 5) is 10.4. The highest BCUT2D eigenvalue weighted by atomic mass is 35.5. The first-order chi connectivity index (χ1) is 8.72. The molecule has 1 saturated carbocycles. The van der Waals surface area contributed by atoms with Crippen LogP contribution >= 0.6 is 11.6 Å². The number of rotatable bonds is 3. The first kappa shape index (κ1) is 11.8. The highest BCUT2D eigenvalue weighted by molar-refractivity contribution is 6.31. The molecule has 1 heterocycles. The minimum atomic E-state index is -0.449. The van der Waals surface area contributed by atoms with Gasteiger partial charge in [0, 0.05) is 30.4 Å². The first-order valence-corrected chi connectivity index (χ1v) is 6.74. The molecule has 1 aromatic carbocycles. The van der Waals surface area contributed by atoms with Crippen LogP contribution in [0.15, 0.2) is 12.1 Å². The van der Waals surface area contributed by atoms with Gasteiger partial charge < -0.3 is 14.3 Å². The van der Waals surface area contributed by atoms with Crippen molar-refractivity contribution < 1.29 is 14.3 Å². The minimum Gasteiger partial charge on any atom is -0.448 e. The van der Waals surface area contributed by atoms with Gasteiger partial charge >= 0.3 is 0 Å². The summed E-state index contributed by atoms with van der Waals surface area (Å²) in [7, 11) is 0. The molecule has 3 rings (SSSR count). The largest absolute Gasteiger partial charge is 0.448 e. The Hall–Kier alpha value is -1.22. The van der Waals surface area contributed by atoms with Gasteiger partial charge in [-0.3, -0.25) is 0 Å². The van der Waals surface area contributed by atoms with Gasteiger partial charge in [0.25, 0.3) is 5.79 Å². The van der Waals surface area contributed by atoms with E-state index in [4.69, 9.17) is 21.1 Å². The van der Waals surface area contributed by atoms with Crippen molar-refractivity contribution >= 4 is 17.9 Å². The Morgan fingerprint density at radius 2 is 1.89 bits per heavy atom. The predicted molar refractivity (Wildman–Crippen MR) is 68.3 cm³/mol. The van der Waals surface area contributed by atoms with E-state index in [0.29, 0.717) is 17.9 Å². The maximum atomic E-state index is 10.4. The summed E-state index contributed by atoms with van der Waals surface area (Å²) < 4.78 is 11.9. The molecule has 96 valence electrons. The number of fused-ring (bicyclic) bond motifs is 1. The third-order valence-electron chi connectivity index (χ3n) is 3.60. The van der Waals surface area contributed by atoms with E-state index in [2.05, 4.69) is 0 Å². The predicted octanol–water partition coefficient (Wildman–Crippen LogP) is 3.51. The van der Waals surface area contributed by atoms with Crippen LogP contribution < -0.4 is 9.47 Å². The Bertz CT molecular complexity index is 478. The zero-order valence-electron chi connectivity index (χ0n) is 10.1. The lowest BCUT2D eigenvalue weighted by Gasteiger charge is -2.21. The maximum absolute atomic E-state index is 10.4. The maximum Gasteiger partial charge on any atom is 0.251 e. The molecular weight excluding hydrogens is 252 g/mol. The number of carbonyl (C=O) groups is 1. The van der Waals surface area contributed by atoms with Crippen molar-refractivity contribution in [2.24, 2.45) is 0 Å². The summed E-state index contributed by atoms with van der Waals surface area (Å²) in [6, 6.07) is 3.72. The molecule has 0 unspecified atom stereocenters. The van der Waals surface area contributed by atoms with Gasteiger partial charge in [-0.2, -0.15) is 0 Å². The molecule has 0 bridgehead atoms. The van der Waals surface area contributed by atoms with Crippen LogP contribution in [0.4, 0.5) is 0 Å². The van der Waals surface area contributed by atoms with E-state index in [1.807, 2.05) is 12.1 Å². The summed E-state index contributed by atoms with van der Waals surface area (Å²) in [6.45, 7) is 0. The lowest BCUT2D eigenvalue weighted by Crippen LogP contribution is -2.34. The van der Waals surface area contributed by atoms with Crippen molar-refractivity contribution in [2.75, 3.05) is 0 Å². The van der Waals surface area contributed by atoms with Crippen molar-refractivity contribution in [1.82, 2.24) is 0 Å². The fraction of sp³-hybridized carbons (Fsp3) is 0.500. The van der Waals surface area contributed by atoms with E-state index in [1.165, 1.54) is 0 Å². The van der Waals surface area contributed by atoms with Crippen molar-refractivity contribution in [2.45, 2.75) is 44.3 Å². The van der Waals surface area contributed by atoms with Crippen molar-refractivity contribution in [3.05, 3.63) is 22.7 Å². The normalized spacial score (nSPS) is 19.4. The molecule has 1 spiro atoms. The van der Waals surface area contributed by atoms with Crippen LogP contribution in [0.5, 0.6) is 11.5 Å². The summed E-state index contributed by atoms with van der Waals surface area (Å²) in [5, 5.41) is 0.647. The molecule has 0 atom stereocenters. The van der Waals surface area contributed by atoms with Crippen LogP contribution in [0.3, 0.4) is 0 Å². The lowest BCUT2D eigenvalue weighted by atomic mass is 10.1. The fourth-order valence-electron chi connectivity index (χ4n) is 2.68. The molecule has 0 radical (unpaired) electrons. The average molecular weight is 267 g/mol. The van der Waals surface area contributed by atoms with E-state index in [9.17, 15) is 4.79 Å². The monoisotopic (exact) mass is 266 g/mol. The molecule has 1 aromatic rings. The lowest BCUT2D eigenvalue weighted by molar-refractivity contribution is -0.107. The Labute approximate surface area is 111 Å². The number of hydrogen-bond acceptors (Lipinski definition) is 3. The highest BCUT2D eigenvalue weighted by Crippen LogP contribution is 2.48. The molecule has 18 heavy (non-hydrogen) atoms. The fourth-order valence-corrected chi connectivity index (χ4v) is 2.93. The van der Waals surface area contributed by atoms with Crippen LogP contribution in [-0.2, 0) is 11.2 Å². The van der Waals surface area contributed by atoms with Crippen LogP contribution in [0.2, 0.25) is 5.02 Å². The Morgan fingerprint density at radius 3 is 2.56 bits per heavy atom. The second kappa shape index (κ2) is 4.47. The van der Waals surface area contributed by atoms with Gasteiger partial charge in [0.2, 0.25) is 0 Å². The van der Waals surface area contributed by atoms with Gasteiger partial charge in [0.15, 0.2) is 11.5 Å². The highest BCUT2D eigenvalue weighted by Gasteiger charge is 2.44. The Kier molecular flexibility index (Phi) is 2.94. The number of halogens is 1. The zero-order valence-corrected chi connectivity index (χ0v) is 10.8. The first-order valence-electron chi connectivity index (χ1n) is 6.36. The summed E-state index contributed by atoms with van der Waals surface area (Å²) in [5.41, 5.74) is 0.946. The van der Waals surface area contributed by atoms with E-state index >= 15 is 0 Å². The molecule has 2 aliphatic rings.